The summed E-state index contributed by atoms with van der Waals surface area (Å²) in [5.74, 6) is 0.277. The molecule has 0 aliphatic rings. The number of carbonyl (C=O) groups is 3. The number of benzene rings is 2. The van der Waals surface area contributed by atoms with Crippen molar-refractivity contribution >= 4 is 40.6 Å². The number of nitrogens with zero attached hydrogens (tertiary/aromatic N) is 3. The highest BCUT2D eigenvalue weighted by Gasteiger charge is 2.32. The lowest BCUT2D eigenvalue weighted by atomic mass is 9.84. The van der Waals surface area contributed by atoms with E-state index in [0.717, 1.165) is 26.7 Å². The van der Waals surface area contributed by atoms with Gasteiger partial charge in [0.05, 0.1) is 33.2 Å². The lowest BCUT2D eigenvalue weighted by Gasteiger charge is -2.30. The highest BCUT2D eigenvalue weighted by molar-refractivity contribution is 7.09. The molecule has 2 atom stereocenters. The van der Waals surface area contributed by atoms with Crippen LogP contribution in [0, 0.1) is 5.92 Å². The number of hydrogen-bond donors (Lipinski definition) is 2. The van der Waals surface area contributed by atoms with Gasteiger partial charge < -0.3 is 20.3 Å². The minimum absolute atomic E-state index is 0.00782. The molecule has 0 aliphatic carbocycles. The molecule has 0 saturated carbocycles. The minimum Gasteiger partial charge on any atom is -0.444 e. The fraction of sp³-hybridized carbons (Fsp3) is 0.432. The topological polar surface area (TPSA) is 114 Å². The smallest absolute Gasteiger partial charge is 0.407 e. The second kappa shape index (κ2) is 17.9. The Balaban J connectivity index is 1.41. The van der Waals surface area contributed by atoms with Crippen LogP contribution in [0.15, 0.2) is 77.8 Å². The molecule has 4 rings (SSSR count). The fourth-order valence-electron chi connectivity index (χ4n) is 5.37. The average molecular weight is 690 g/mol. The van der Waals surface area contributed by atoms with Gasteiger partial charge >= 0.3 is 12.1 Å². The minimum atomic E-state index is -1.08. The molecule has 2 aromatic carbocycles. The van der Waals surface area contributed by atoms with Crippen LogP contribution in [0.25, 0.3) is 0 Å². The predicted molar refractivity (Wildman–Crippen MR) is 192 cm³/mol. The molecule has 0 fully saturated rings. The lowest BCUT2D eigenvalue weighted by molar-refractivity contribution is -0.125. The Hall–Kier alpha value is -4.09. The van der Waals surface area contributed by atoms with E-state index in [-0.39, 0.29) is 36.8 Å². The Morgan fingerprint density at radius 1 is 0.938 bits per heavy atom. The molecule has 0 saturated heterocycles. The number of hydrogen-bond acceptors (Lipinski definition) is 8. The van der Waals surface area contributed by atoms with Crippen molar-refractivity contribution in [3.05, 3.63) is 104 Å². The van der Waals surface area contributed by atoms with Gasteiger partial charge in [0, 0.05) is 37.0 Å². The highest BCUT2D eigenvalue weighted by Crippen LogP contribution is 2.24. The molecule has 0 radical (unpaired) electrons. The summed E-state index contributed by atoms with van der Waals surface area (Å²) in [5, 5.41) is 9.04. The largest absolute Gasteiger partial charge is 0.444 e. The summed E-state index contributed by atoms with van der Waals surface area (Å²) in [4.78, 5) is 51.0. The Morgan fingerprint density at radius 2 is 1.60 bits per heavy atom. The van der Waals surface area contributed by atoms with E-state index < -0.39 is 11.6 Å². The number of nitrogens with one attached hydrogen (secondary N) is 2. The molecular formula is C37H47N5O4S2. The molecule has 48 heavy (non-hydrogen) atoms. The normalized spacial score (nSPS) is 12.7. The van der Waals surface area contributed by atoms with Crippen molar-refractivity contribution in [1.29, 1.82) is 0 Å². The molecular weight excluding hydrogens is 643 g/mol. The van der Waals surface area contributed by atoms with Crippen molar-refractivity contribution in [3.63, 3.8) is 0 Å². The summed E-state index contributed by atoms with van der Waals surface area (Å²) in [7, 11) is 1.71. The summed E-state index contributed by atoms with van der Waals surface area (Å²) in [6, 6.07) is 19.6. The summed E-state index contributed by atoms with van der Waals surface area (Å²) >= 11 is 3.03. The number of alkyl carbamates (subject to hydrolysis) is 1. The van der Waals surface area contributed by atoms with Gasteiger partial charge in [-0.3, -0.25) is 9.78 Å². The third kappa shape index (κ3) is 11.9. The van der Waals surface area contributed by atoms with Crippen molar-refractivity contribution in [1.82, 2.24) is 25.5 Å². The van der Waals surface area contributed by atoms with Crippen LogP contribution in [-0.4, -0.2) is 51.4 Å². The van der Waals surface area contributed by atoms with Gasteiger partial charge in [0.25, 0.3) is 0 Å². The number of amides is 3. The molecule has 2 heterocycles. The van der Waals surface area contributed by atoms with Crippen LogP contribution in [0.2, 0.25) is 0 Å². The monoisotopic (exact) mass is 689 g/mol. The van der Waals surface area contributed by atoms with Crippen molar-refractivity contribution in [2.75, 3.05) is 7.05 Å². The highest BCUT2D eigenvalue weighted by atomic mass is 32.1. The van der Waals surface area contributed by atoms with Gasteiger partial charge in [-0.25, -0.2) is 14.6 Å². The van der Waals surface area contributed by atoms with Crippen molar-refractivity contribution in [2.45, 2.75) is 90.4 Å². The van der Waals surface area contributed by atoms with E-state index in [0.29, 0.717) is 38.1 Å². The molecule has 0 bridgehead atoms. The zero-order chi connectivity index (χ0) is 34.5. The van der Waals surface area contributed by atoms with Gasteiger partial charge in [0.15, 0.2) is 5.78 Å². The average Bonchev–Trinajstić information content (AvgIpc) is 3.76. The Labute approximate surface area is 292 Å². The van der Waals surface area contributed by atoms with E-state index in [1.807, 2.05) is 53.9 Å². The number of thiazole rings is 2. The summed E-state index contributed by atoms with van der Waals surface area (Å²) in [6.45, 7) is 8.24. The van der Waals surface area contributed by atoms with E-state index in [2.05, 4.69) is 46.6 Å². The van der Waals surface area contributed by atoms with Gasteiger partial charge in [-0.05, 0) is 56.6 Å². The molecule has 0 spiro atoms. The summed E-state index contributed by atoms with van der Waals surface area (Å²) in [6.07, 6.45) is 4.17. The van der Waals surface area contributed by atoms with Crippen LogP contribution in [0.3, 0.4) is 0 Å². The lowest BCUT2D eigenvalue weighted by Crippen LogP contribution is -2.53. The fourth-order valence-corrected chi connectivity index (χ4v) is 6.70. The Morgan fingerprint density at radius 3 is 2.21 bits per heavy atom. The van der Waals surface area contributed by atoms with E-state index >= 15 is 0 Å². The van der Waals surface area contributed by atoms with Gasteiger partial charge in [-0.2, -0.15) is 0 Å². The first-order chi connectivity index (χ1) is 23.0. The molecule has 4 aromatic rings. The molecule has 11 heteroatoms. The Bertz CT molecular complexity index is 1580. The second-order valence-corrected chi connectivity index (χ2v) is 14.9. The van der Waals surface area contributed by atoms with Gasteiger partial charge in [0.1, 0.15) is 6.61 Å². The van der Waals surface area contributed by atoms with Gasteiger partial charge in [-0.1, -0.05) is 74.5 Å². The summed E-state index contributed by atoms with van der Waals surface area (Å²) < 4.78 is 5.49. The molecule has 2 N–H and O–H groups in total. The number of carbonyl (C=O) groups excluding carboxylic acids is 3. The second-order valence-electron chi connectivity index (χ2n) is 13.1. The van der Waals surface area contributed by atoms with E-state index in [9.17, 15) is 14.4 Å². The number of rotatable bonds is 17. The molecule has 0 aliphatic heterocycles. The molecule has 2 aromatic heterocycles. The van der Waals surface area contributed by atoms with Crippen LogP contribution in [0.4, 0.5) is 9.59 Å². The van der Waals surface area contributed by atoms with Crippen LogP contribution >= 0.6 is 22.7 Å². The first-order valence-electron chi connectivity index (χ1n) is 16.4. The van der Waals surface area contributed by atoms with Crippen molar-refractivity contribution < 1.29 is 19.1 Å². The SMILES string of the molecule is CC(C)c1nc(CN(C)C(=O)NC(C)(C)C(=O)C[C@H](CC[C@H](Cc2ccccc2)NC(=O)OCc2cncs2)Cc2ccccc2)cs1. The Kier molecular flexibility index (Phi) is 13.7. The maximum atomic E-state index is 13.8. The van der Waals surface area contributed by atoms with Crippen molar-refractivity contribution in [2.24, 2.45) is 5.92 Å². The number of ether oxygens (including phenoxy) is 1. The quantitative estimate of drug-likeness (QED) is 0.117. The number of aromatic nitrogens is 2. The molecule has 9 nitrogen and oxygen atoms in total. The van der Waals surface area contributed by atoms with E-state index in [4.69, 9.17) is 4.74 Å². The van der Waals surface area contributed by atoms with Crippen LogP contribution in [0.1, 0.15) is 79.6 Å². The molecule has 3 amide bonds. The zero-order valence-electron chi connectivity index (χ0n) is 28.5. The van der Waals surface area contributed by atoms with E-state index in [1.54, 1.807) is 48.8 Å². The standard InChI is InChI=1S/C37H47N5O4S2/c1-26(2)34-39-31(24-47-34)22-42(5)35(44)41-37(3,4)33(43)20-29(18-27-12-8-6-9-13-27)16-17-30(19-28-14-10-7-11-15-28)40-36(45)46-23-32-21-38-25-48-32/h6-15,21,24-26,29-30H,16-20,22-23H2,1-5H3,(H,40,45)(H,41,44)/t29-,30-/m1/s1. The molecule has 0 unspecified atom stereocenters. The number of Topliss-reactive ketones (excluding diaryl/α,β-unsaturated/α-hetero) is 1. The maximum Gasteiger partial charge on any atom is 0.407 e. The summed E-state index contributed by atoms with van der Waals surface area (Å²) in [5.41, 5.74) is 3.70. The number of ketones is 1. The van der Waals surface area contributed by atoms with Crippen molar-refractivity contribution in [3.8, 4) is 0 Å². The predicted octanol–water partition coefficient (Wildman–Crippen LogP) is 7.78. The number of urea groups is 1. The molecule has 256 valence electrons. The maximum absolute atomic E-state index is 13.8. The van der Waals surface area contributed by atoms with Crippen LogP contribution in [-0.2, 0) is 35.5 Å². The first-order valence-corrected chi connectivity index (χ1v) is 18.1. The zero-order valence-corrected chi connectivity index (χ0v) is 30.1. The van der Waals surface area contributed by atoms with Crippen LogP contribution < -0.4 is 10.6 Å². The van der Waals surface area contributed by atoms with Gasteiger partial charge in [-0.15, -0.1) is 22.7 Å². The van der Waals surface area contributed by atoms with Crippen LogP contribution in [0.5, 0.6) is 0 Å². The third-order valence-corrected chi connectivity index (χ3v) is 10.1. The third-order valence-electron chi connectivity index (χ3n) is 8.17. The first kappa shape index (κ1) is 36.7. The van der Waals surface area contributed by atoms with E-state index in [1.165, 1.54) is 11.3 Å². The van der Waals surface area contributed by atoms with Gasteiger partial charge in [0.2, 0.25) is 0 Å².